The minimum absolute atomic E-state index is 0.120. The Hall–Kier alpha value is -3.73. The minimum Gasteiger partial charge on any atom is -0.292 e. The van der Waals surface area contributed by atoms with E-state index in [2.05, 4.69) is 4.98 Å². The van der Waals surface area contributed by atoms with Crippen molar-refractivity contribution in [3.8, 4) is 0 Å². The summed E-state index contributed by atoms with van der Waals surface area (Å²) < 4.78 is 1.54. The number of aromatic nitrogens is 2. The molecule has 0 unspecified atom stereocenters. The molecule has 0 saturated carbocycles. The second kappa shape index (κ2) is 7.48. The molecule has 5 heteroatoms. The Morgan fingerprint density at radius 3 is 2.11 bits per heavy atom. The Morgan fingerprint density at radius 1 is 0.929 bits per heavy atom. The van der Waals surface area contributed by atoms with E-state index in [1.807, 2.05) is 73.7 Å². The molecule has 0 aliphatic rings. The summed E-state index contributed by atoms with van der Waals surface area (Å²) in [5.74, 6) is -0.365. The fourth-order valence-corrected chi connectivity index (χ4v) is 3.31. The molecule has 0 radical (unpaired) electrons. The number of aryl methyl sites for hydroxylation is 1. The van der Waals surface area contributed by atoms with Crippen LogP contribution in [0.4, 0.5) is 11.4 Å². The van der Waals surface area contributed by atoms with Crippen LogP contribution in [-0.2, 0) is 6.54 Å². The summed E-state index contributed by atoms with van der Waals surface area (Å²) in [7, 11) is 0. The first-order valence-corrected chi connectivity index (χ1v) is 9.14. The van der Waals surface area contributed by atoms with E-state index in [9.17, 15) is 9.59 Å². The van der Waals surface area contributed by atoms with Crippen molar-refractivity contribution < 1.29 is 4.79 Å². The van der Waals surface area contributed by atoms with Crippen LogP contribution in [0.2, 0.25) is 0 Å². The van der Waals surface area contributed by atoms with Crippen LogP contribution in [0.5, 0.6) is 0 Å². The highest BCUT2D eigenvalue weighted by atomic mass is 16.2. The lowest BCUT2D eigenvalue weighted by atomic mass is 10.1. The number of fused-ring (bicyclic) bond motifs is 1. The predicted molar refractivity (Wildman–Crippen MR) is 111 cm³/mol. The molecule has 2 aromatic heterocycles. The van der Waals surface area contributed by atoms with Gasteiger partial charge in [-0.05, 0) is 49.4 Å². The number of hydrogen-bond donors (Lipinski definition) is 0. The molecule has 28 heavy (non-hydrogen) atoms. The van der Waals surface area contributed by atoms with Crippen LogP contribution in [0, 0.1) is 0 Å². The summed E-state index contributed by atoms with van der Waals surface area (Å²) >= 11 is 0. The van der Waals surface area contributed by atoms with Crippen LogP contribution >= 0.6 is 0 Å². The van der Waals surface area contributed by atoms with Crippen molar-refractivity contribution in [2.75, 3.05) is 4.90 Å². The van der Waals surface area contributed by atoms with Crippen LogP contribution < -0.4 is 10.5 Å². The quantitative estimate of drug-likeness (QED) is 0.536. The smallest absolute Gasteiger partial charge is 0.268 e. The molecule has 1 amide bonds. The SMILES string of the molecule is CCn1c(=O)c(C(=O)N(c2ccccc2)c2ccccc2)cc2cccnc21. The minimum atomic E-state index is -0.365. The number of rotatable bonds is 4. The van der Waals surface area contributed by atoms with Gasteiger partial charge in [-0.2, -0.15) is 0 Å². The Kier molecular flexibility index (Phi) is 4.72. The highest BCUT2D eigenvalue weighted by Crippen LogP contribution is 2.27. The van der Waals surface area contributed by atoms with Crippen LogP contribution in [0.1, 0.15) is 17.3 Å². The summed E-state index contributed by atoms with van der Waals surface area (Å²) in [5, 5.41) is 0.758. The molecule has 0 spiro atoms. The Bertz CT molecular complexity index is 1150. The molecule has 0 aliphatic carbocycles. The van der Waals surface area contributed by atoms with E-state index >= 15 is 0 Å². The maximum atomic E-state index is 13.6. The van der Waals surface area contributed by atoms with Gasteiger partial charge >= 0.3 is 0 Å². The van der Waals surface area contributed by atoms with E-state index < -0.39 is 0 Å². The highest BCUT2D eigenvalue weighted by Gasteiger charge is 2.24. The molecule has 2 heterocycles. The van der Waals surface area contributed by atoms with Gasteiger partial charge in [-0.1, -0.05) is 36.4 Å². The summed E-state index contributed by atoms with van der Waals surface area (Å²) in [6, 6.07) is 24.0. The number of benzene rings is 2. The molecule has 0 N–H and O–H groups in total. The molecule has 0 aliphatic heterocycles. The van der Waals surface area contributed by atoms with Gasteiger partial charge in [-0.3, -0.25) is 19.1 Å². The monoisotopic (exact) mass is 369 g/mol. The third-order valence-corrected chi connectivity index (χ3v) is 4.63. The fraction of sp³-hybridized carbons (Fsp3) is 0.0870. The van der Waals surface area contributed by atoms with E-state index in [1.54, 1.807) is 23.2 Å². The first-order chi connectivity index (χ1) is 13.7. The van der Waals surface area contributed by atoms with Gasteiger partial charge in [-0.15, -0.1) is 0 Å². The number of carbonyl (C=O) groups excluding carboxylic acids is 1. The Balaban J connectivity index is 1.93. The van der Waals surface area contributed by atoms with E-state index in [1.165, 1.54) is 4.57 Å². The van der Waals surface area contributed by atoms with Gasteiger partial charge in [0, 0.05) is 29.5 Å². The van der Waals surface area contributed by atoms with Crippen LogP contribution in [0.15, 0.2) is 89.9 Å². The lowest BCUT2D eigenvalue weighted by Gasteiger charge is -2.23. The lowest BCUT2D eigenvalue weighted by molar-refractivity contribution is 0.0997. The maximum absolute atomic E-state index is 13.6. The van der Waals surface area contributed by atoms with Crippen LogP contribution in [0.3, 0.4) is 0 Å². The number of anilines is 2. The summed E-state index contributed by atoms with van der Waals surface area (Å²) in [5.41, 5.74) is 1.77. The molecule has 0 saturated heterocycles. The standard InChI is InChI=1S/C23H19N3O2/c1-2-25-21-17(10-9-15-24-21)16-20(22(25)27)23(28)26(18-11-5-3-6-12-18)19-13-7-4-8-14-19/h3-16H,2H2,1H3. The van der Waals surface area contributed by atoms with Crippen molar-refractivity contribution >= 4 is 28.3 Å². The molecule has 0 atom stereocenters. The second-order valence-electron chi connectivity index (χ2n) is 6.34. The molecule has 138 valence electrons. The van der Waals surface area contributed by atoms with Crippen LogP contribution in [-0.4, -0.2) is 15.5 Å². The summed E-state index contributed by atoms with van der Waals surface area (Å²) in [6.45, 7) is 2.31. The normalized spacial score (nSPS) is 10.8. The van der Waals surface area contributed by atoms with Gasteiger partial charge in [0.1, 0.15) is 11.2 Å². The largest absolute Gasteiger partial charge is 0.292 e. The molecule has 0 bridgehead atoms. The van der Waals surface area contributed by atoms with Crippen LogP contribution in [0.25, 0.3) is 11.0 Å². The van der Waals surface area contributed by atoms with E-state index in [-0.39, 0.29) is 17.0 Å². The van der Waals surface area contributed by atoms with Gasteiger partial charge in [0.15, 0.2) is 0 Å². The van der Waals surface area contributed by atoms with Crippen molar-refractivity contribution in [1.29, 1.82) is 0 Å². The fourth-order valence-electron chi connectivity index (χ4n) is 3.31. The molecule has 4 aromatic rings. The molecule has 5 nitrogen and oxygen atoms in total. The van der Waals surface area contributed by atoms with Crippen molar-refractivity contribution in [3.63, 3.8) is 0 Å². The zero-order valence-corrected chi connectivity index (χ0v) is 15.4. The number of hydrogen-bond acceptors (Lipinski definition) is 3. The van der Waals surface area contributed by atoms with E-state index in [0.717, 1.165) is 5.39 Å². The molecular formula is C23H19N3O2. The van der Waals surface area contributed by atoms with Gasteiger partial charge in [0.25, 0.3) is 11.5 Å². The van der Waals surface area contributed by atoms with Gasteiger partial charge in [-0.25, -0.2) is 4.98 Å². The third-order valence-electron chi connectivity index (χ3n) is 4.63. The van der Waals surface area contributed by atoms with Crippen molar-refractivity contribution in [2.24, 2.45) is 0 Å². The van der Waals surface area contributed by atoms with Gasteiger partial charge < -0.3 is 0 Å². The number of carbonyl (C=O) groups is 1. The molecule has 0 fully saturated rings. The second-order valence-corrected chi connectivity index (χ2v) is 6.34. The molecular weight excluding hydrogens is 350 g/mol. The predicted octanol–water partition coefficient (Wildman–Crippen LogP) is 4.39. The lowest BCUT2D eigenvalue weighted by Crippen LogP contribution is -2.34. The summed E-state index contributed by atoms with van der Waals surface area (Å²) in [6.07, 6.45) is 1.65. The molecule has 4 rings (SSSR count). The molecule has 2 aromatic carbocycles. The number of para-hydroxylation sites is 2. The number of amides is 1. The Morgan fingerprint density at radius 2 is 1.54 bits per heavy atom. The van der Waals surface area contributed by atoms with E-state index in [0.29, 0.717) is 23.6 Å². The third kappa shape index (κ3) is 3.07. The van der Waals surface area contributed by atoms with Gasteiger partial charge in [0.05, 0.1) is 0 Å². The summed E-state index contributed by atoms with van der Waals surface area (Å²) in [4.78, 5) is 32.5. The highest BCUT2D eigenvalue weighted by molar-refractivity contribution is 6.11. The maximum Gasteiger partial charge on any atom is 0.268 e. The van der Waals surface area contributed by atoms with Crippen molar-refractivity contribution in [3.05, 3.63) is 101 Å². The van der Waals surface area contributed by atoms with E-state index in [4.69, 9.17) is 0 Å². The van der Waals surface area contributed by atoms with Crippen molar-refractivity contribution in [2.45, 2.75) is 13.5 Å². The van der Waals surface area contributed by atoms with Crippen molar-refractivity contribution in [1.82, 2.24) is 9.55 Å². The number of nitrogens with zero attached hydrogens (tertiary/aromatic N) is 3. The Labute approximate surface area is 162 Å². The van der Waals surface area contributed by atoms with Gasteiger partial charge in [0.2, 0.25) is 0 Å². The average Bonchev–Trinajstić information content (AvgIpc) is 2.75. The zero-order valence-electron chi connectivity index (χ0n) is 15.4. The number of pyridine rings is 2. The average molecular weight is 369 g/mol. The zero-order chi connectivity index (χ0) is 19.5. The topological polar surface area (TPSA) is 55.2 Å². The first-order valence-electron chi connectivity index (χ1n) is 9.14. The first kappa shape index (κ1) is 17.7.